The Morgan fingerprint density at radius 1 is 0.704 bits per heavy atom. The minimum absolute atomic E-state index is 0.160. The zero-order chi connectivity index (χ0) is 19.2. The summed E-state index contributed by atoms with van der Waals surface area (Å²) in [5, 5.41) is 0. The summed E-state index contributed by atoms with van der Waals surface area (Å²) in [6, 6.07) is 17.3. The summed E-state index contributed by atoms with van der Waals surface area (Å²) in [7, 11) is 0. The molecule has 0 N–H and O–H groups in total. The normalized spacial score (nSPS) is 10.4. The largest absolute Gasteiger partial charge is 0.458 e. The van der Waals surface area contributed by atoms with E-state index >= 15 is 0 Å². The number of carbonyl (C=O) groups is 2. The number of hydrogen-bond acceptors (Lipinski definition) is 5. The van der Waals surface area contributed by atoms with Gasteiger partial charge >= 0.3 is 11.9 Å². The van der Waals surface area contributed by atoms with E-state index in [9.17, 15) is 9.59 Å². The predicted molar refractivity (Wildman–Crippen MR) is 100 cm³/mol. The minimum Gasteiger partial charge on any atom is -0.458 e. The molecule has 0 aliphatic heterocycles. The summed E-state index contributed by atoms with van der Waals surface area (Å²) in [4.78, 5) is 25.0. The number of hydrogen-bond donors (Lipinski definition) is 0. The van der Waals surface area contributed by atoms with Crippen molar-refractivity contribution in [2.75, 3.05) is 0 Å². The Morgan fingerprint density at radius 3 is 1.41 bits per heavy atom. The van der Waals surface area contributed by atoms with Crippen molar-refractivity contribution in [3.05, 3.63) is 83.3 Å². The molecule has 3 aromatic rings. The second-order valence-corrected chi connectivity index (χ2v) is 5.82. The number of benzene rings is 2. The molecule has 138 valence electrons. The third-order valence-electron chi connectivity index (χ3n) is 4.01. The van der Waals surface area contributed by atoms with E-state index in [0.717, 1.165) is 0 Å². The molecule has 0 bridgehead atoms. The standard InChI is InChI=1S/C22H20O5/c1-3-17-19(26-21(23)15-11-7-5-8-12-15)20(18(4-2)25-17)27-22(24)16-13-9-6-10-14-16/h5-14H,3-4H2,1-2H3. The summed E-state index contributed by atoms with van der Waals surface area (Å²) in [6.45, 7) is 3.75. The van der Waals surface area contributed by atoms with Gasteiger partial charge in [0.1, 0.15) is 0 Å². The van der Waals surface area contributed by atoms with Crippen molar-refractivity contribution in [2.24, 2.45) is 0 Å². The molecule has 0 aliphatic rings. The highest BCUT2D eigenvalue weighted by molar-refractivity contribution is 5.93. The van der Waals surface area contributed by atoms with E-state index in [1.165, 1.54) is 0 Å². The molecule has 1 heterocycles. The lowest BCUT2D eigenvalue weighted by Gasteiger charge is -2.08. The molecule has 0 spiro atoms. The van der Waals surface area contributed by atoms with Crippen LogP contribution in [0.1, 0.15) is 46.1 Å². The van der Waals surface area contributed by atoms with Gasteiger partial charge in [0.25, 0.3) is 0 Å². The molecule has 0 unspecified atom stereocenters. The SMILES string of the molecule is CCc1oc(CC)c(OC(=O)c2ccccc2)c1OC(=O)c1ccccc1. The summed E-state index contributed by atoms with van der Waals surface area (Å²) in [5.74, 6) is 0.176. The van der Waals surface area contributed by atoms with Crippen LogP contribution in [0.4, 0.5) is 0 Å². The average Bonchev–Trinajstić information content (AvgIpc) is 3.05. The number of aryl methyl sites for hydroxylation is 2. The van der Waals surface area contributed by atoms with Crippen molar-refractivity contribution in [1.29, 1.82) is 0 Å². The fourth-order valence-corrected chi connectivity index (χ4v) is 2.62. The van der Waals surface area contributed by atoms with E-state index in [1.807, 2.05) is 26.0 Å². The van der Waals surface area contributed by atoms with E-state index < -0.39 is 11.9 Å². The predicted octanol–water partition coefficient (Wildman–Crippen LogP) is 4.84. The highest BCUT2D eigenvalue weighted by Crippen LogP contribution is 2.40. The van der Waals surface area contributed by atoms with Crippen molar-refractivity contribution < 1.29 is 23.5 Å². The van der Waals surface area contributed by atoms with Gasteiger partial charge in [-0.1, -0.05) is 50.2 Å². The summed E-state index contributed by atoms with van der Waals surface area (Å²) in [6.07, 6.45) is 0.987. The molecule has 5 nitrogen and oxygen atoms in total. The van der Waals surface area contributed by atoms with Crippen LogP contribution < -0.4 is 9.47 Å². The Kier molecular flexibility index (Phi) is 5.71. The first kappa shape index (κ1) is 18.5. The van der Waals surface area contributed by atoms with Gasteiger partial charge in [0.2, 0.25) is 11.5 Å². The van der Waals surface area contributed by atoms with Crippen molar-refractivity contribution in [3.8, 4) is 11.5 Å². The molecule has 27 heavy (non-hydrogen) atoms. The van der Waals surface area contributed by atoms with E-state index in [2.05, 4.69) is 0 Å². The molecule has 0 fully saturated rings. The van der Waals surface area contributed by atoms with Gasteiger partial charge in [-0.3, -0.25) is 0 Å². The van der Waals surface area contributed by atoms with Gasteiger partial charge in [0, 0.05) is 12.8 Å². The highest BCUT2D eigenvalue weighted by atomic mass is 16.6. The zero-order valence-corrected chi connectivity index (χ0v) is 15.2. The van der Waals surface area contributed by atoms with Gasteiger partial charge in [-0.2, -0.15) is 0 Å². The molecule has 2 aromatic carbocycles. The van der Waals surface area contributed by atoms with Gasteiger partial charge in [0.15, 0.2) is 11.5 Å². The van der Waals surface area contributed by atoms with Crippen LogP contribution in [0, 0.1) is 0 Å². The monoisotopic (exact) mass is 364 g/mol. The number of ether oxygens (including phenoxy) is 2. The lowest BCUT2D eigenvalue weighted by atomic mass is 10.2. The van der Waals surface area contributed by atoms with Crippen molar-refractivity contribution in [1.82, 2.24) is 0 Å². The van der Waals surface area contributed by atoms with Crippen LogP contribution in [0.25, 0.3) is 0 Å². The van der Waals surface area contributed by atoms with E-state index in [1.54, 1.807) is 48.5 Å². The summed E-state index contributed by atoms with van der Waals surface area (Å²) in [5.41, 5.74) is 0.804. The number of furan rings is 1. The zero-order valence-electron chi connectivity index (χ0n) is 15.2. The van der Waals surface area contributed by atoms with Crippen LogP contribution in [-0.4, -0.2) is 11.9 Å². The van der Waals surface area contributed by atoms with Gasteiger partial charge in [-0.25, -0.2) is 9.59 Å². The highest BCUT2D eigenvalue weighted by Gasteiger charge is 2.26. The van der Waals surface area contributed by atoms with Gasteiger partial charge in [-0.05, 0) is 24.3 Å². The Morgan fingerprint density at radius 2 is 1.07 bits per heavy atom. The molecular weight excluding hydrogens is 344 g/mol. The lowest BCUT2D eigenvalue weighted by molar-refractivity contribution is 0.0682. The Bertz CT molecular complexity index is 850. The van der Waals surface area contributed by atoms with Crippen molar-refractivity contribution in [3.63, 3.8) is 0 Å². The molecule has 3 rings (SSSR count). The maximum atomic E-state index is 12.5. The second-order valence-electron chi connectivity index (χ2n) is 5.82. The smallest absolute Gasteiger partial charge is 0.343 e. The maximum absolute atomic E-state index is 12.5. The topological polar surface area (TPSA) is 65.7 Å². The quantitative estimate of drug-likeness (QED) is 0.585. The second kappa shape index (κ2) is 8.36. The molecule has 0 amide bonds. The maximum Gasteiger partial charge on any atom is 0.343 e. The molecule has 0 aliphatic carbocycles. The number of carbonyl (C=O) groups excluding carboxylic acids is 2. The van der Waals surface area contributed by atoms with Crippen LogP contribution in [0.2, 0.25) is 0 Å². The van der Waals surface area contributed by atoms with Crippen molar-refractivity contribution >= 4 is 11.9 Å². The average molecular weight is 364 g/mol. The molecule has 0 atom stereocenters. The van der Waals surface area contributed by atoms with Gasteiger partial charge in [0.05, 0.1) is 11.1 Å². The molecule has 0 saturated carbocycles. The molecule has 0 radical (unpaired) electrons. The van der Waals surface area contributed by atoms with Crippen LogP contribution in [0.5, 0.6) is 11.5 Å². The van der Waals surface area contributed by atoms with Gasteiger partial charge < -0.3 is 13.9 Å². The molecule has 1 aromatic heterocycles. The molecule has 5 heteroatoms. The van der Waals surface area contributed by atoms with Crippen LogP contribution in [0.3, 0.4) is 0 Å². The summed E-state index contributed by atoms with van der Waals surface area (Å²) >= 11 is 0. The fourth-order valence-electron chi connectivity index (χ4n) is 2.62. The molecular formula is C22H20O5. The van der Waals surface area contributed by atoms with Crippen LogP contribution >= 0.6 is 0 Å². The first-order valence-corrected chi connectivity index (χ1v) is 8.83. The first-order chi connectivity index (χ1) is 13.1. The van der Waals surface area contributed by atoms with E-state index in [-0.39, 0.29) is 11.5 Å². The van der Waals surface area contributed by atoms with E-state index in [4.69, 9.17) is 13.9 Å². The van der Waals surface area contributed by atoms with Gasteiger partial charge in [-0.15, -0.1) is 0 Å². The Labute approximate surface area is 157 Å². The molecule has 0 saturated heterocycles. The third-order valence-corrected chi connectivity index (χ3v) is 4.01. The number of esters is 2. The third kappa shape index (κ3) is 4.08. The van der Waals surface area contributed by atoms with Crippen LogP contribution in [0.15, 0.2) is 65.1 Å². The Balaban J connectivity index is 1.94. The minimum atomic E-state index is -0.536. The lowest BCUT2D eigenvalue weighted by Crippen LogP contribution is -2.13. The summed E-state index contributed by atoms with van der Waals surface area (Å²) < 4.78 is 16.9. The van der Waals surface area contributed by atoms with Crippen LogP contribution in [-0.2, 0) is 12.8 Å². The Hall–Kier alpha value is -3.34. The first-order valence-electron chi connectivity index (χ1n) is 8.83. The fraction of sp³-hybridized carbons (Fsp3) is 0.182. The van der Waals surface area contributed by atoms with Crippen molar-refractivity contribution in [2.45, 2.75) is 26.7 Å². The number of rotatable bonds is 6. The van der Waals surface area contributed by atoms with E-state index in [0.29, 0.717) is 35.5 Å².